The number of amides is 1. The molecule has 1 amide bonds. The number of nitrogens with zero attached hydrogens (tertiary/aromatic N) is 1. The lowest BCUT2D eigenvalue weighted by Gasteiger charge is -2.13. The Labute approximate surface area is 154 Å². The number of hydrogen-bond acceptors (Lipinski definition) is 4. The van der Waals surface area contributed by atoms with E-state index in [2.05, 4.69) is 9.88 Å². The SMILES string of the molecule is Cc1cc(C(=O)O)ccc1-n1c(C)cc(C=C2SC(=S)NC2=O)c1C. The number of rotatable bonds is 3. The summed E-state index contributed by atoms with van der Waals surface area (Å²) in [6.45, 7) is 5.84. The van der Waals surface area contributed by atoms with E-state index in [1.54, 1.807) is 12.1 Å². The predicted molar refractivity (Wildman–Crippen MR) is 103 cm³/mol. The first-order valence-corrected chi connectivity index (χ1v) is 8.78. The predicted octanol–water partition coefficient (Wildman–Crippen LogP) is 3.59. The first-order chi connectivity index (χ1) is 11.8. The normalized spacial score (nSPS) is 15.7. The third-order valence-corrected chi connectivity index (χ3v) is 5.25. The van der Waals surface area contributed by atoms with E-state index in [-0.39, 0.29) is 11.5 Å². The Kier molecular flexibility index (Phi) is 4.53. The van der Waals surface area contributed by atoms with Gasteiger partial charge in [0.25, 0.3) is 5.91 Å². The van der Waals surface area contributed by atoms with E-state index in [1.807, 2.05) is 39.0 Å². The molecule has 2 heterocycles. The Balaban J connectivity index is 2.07. The third-order valence-electron chi connectivity index (χ3n) is 4.08. The fourth-order valence-corrected chi connectivity index (χ4v) is 3.94. The van der Waals surface area contributed by atoms with Crippen molar-refractivity contribution in [3.63, 3.8) is 0 Å². The van der Waals surface area contributed by atoms with Crippen molar-refractivity contribution in [1.82, 2.24) is 9.88 Å². The molecule has 5 nitrogen and oxygen atoms in total. The number of carboxylic acid groups (broad SMARTS) is 1. The molecule has 0 spiro atoms. The first kappa shape index (κ1) is 17.4. The fraction of sp³-hybridized carbons (Fsp3) is 0.167. The second-order valence-corrected chi connectivity index (χ2v) is 7.54. The van der Waals surface area contributed by atoms with Crippen LogP contribution in [0.15, 0.2) is 29.2 Å². The number of nitrogens with one attached hydrogen (secondary N) is 1. The lowest BCUT2D eigenvalue weighted by Crippen LogP contribution is -2.17. The van der Waals surface area contributed by atoms with E-state index in [0.29, 0.717) is 9.23 Å². The summed E-state index contributed by atoms with van der Waals surface area (Å²) in [7, 11) is 0. The van der Waals surface area contributed by atoms with Gasteiger partial charge in [-0.25, -0.2) is 4.79 Å². The molecular weight excluding hydrogens is 356 g/mol. The first-order valence-electron chi connectivity index (χ1n) is 7.56. The molecule has 0 unspecified atom stereocenters. The van der Waals surface area contributed by atoms with Crippen LogP contribution in [0.1, 0.15) is 32.9 Å². The molecule has 7 heteroatoms. The van der Waals surface area contributed by atoms with Crippen molar-refractivity contribution in [3.05, 3.63) is 57.2 Å². The topological polar surface area (TPSA) is 71.3 Å². The molecule has 1 aliphatic heterocycles. The number of carbonyl (C=O) groups excluding carboxylic acids is 1. The van der Waals surface area contributed by atoms with Gasteiger partial charge < -0.3 is 15.0 Å². The van der Waals surface area contributed by atoms with Crippen LogP contribution in [0.4, 0.5) is 0 Å². The number of thiocarbonyl (C=S) groups is 1. The second-order valence-electron chi connectivity index (χ2n) is 5.82. The summed E-state index contributed by atoms with van der Waals surface area (Å²) < 4.78 is 2.52. The maximum absolute atomic E-state index is 11.9. The number of aromatic nitrogens is 1. The summed E-state index contributed by atoms with van der Waals surface area (Å²) in [6, 6.07) is 7.07. The Morgan fingerprint density at radius 3 is 2.56 bits per heavy atom. The van der Waals surface area contributed by atoms with E-state index in [1.165, 1.54) is 11.8 Å². The van der Waals surface area contributed by atoms with Crippen LogP contribution in [0, 0.1) is 20.8 Å². The minimum Gasteiger partial charge on any atom is -0.478 e. The molecule has 1 fully saturated rings. The molecule has 2 N–H and O–H groups in total. The number of benzene rings is 1. The van der Waals surface area contributed by atoms with E-state index in [0.717, 1.165) is 28.2 Å². The average molecular weight is 372 g/mol. The van der Waals surface area contributed by atoms with Crippen molar-refractivity contribution in [3.8, 4) is 5.69 Å². The summed E-state index contributed by atoms with van der Waals surface area (Å²) >= 11 is 6.27. The Morgan fingerprint density at radius 2 is 2.00 bits per heavy atom. The number of carboxylic acids is 1. The minimum absolute atomic E-state index is 0.179. The van der Waals surface area contributed by atoms with Crippen molar-refractivity contribution in [2.75, 3.05) is 0 Å². The second kappa shape index (κ2) is 6.50. The van der Waals surface area contributed by atoms with Crippen LogP contribution in [0.3, 0.4) is 0 Å². The van der Waals surface area contributed by atoms with Crippen LogP contribution < -0.4 is 5.32 Å². The quantitative estimate of drug-likeness (QED) is 0.636. The van der Waals surface area contributed by atoms with Gasteiger partial charge in [0, 0.05) is 17.1 Å². The smallest absolute Gasteiger partial charge is 0.335 e. The highest BCUT2D eigenvalue weighted by molar-refractivity contribution is 8.26. The number of aryl methyl sites for hydroxylation is 2. The van der Waals surface area contributed by atoms with Crippen LogP contribution in [0.25, 0.3) is 11.8 Å². The van der Waals surface area contributed by atoms with Gasteiger partial charge in [0.2, 0.25) is 0 Å². The van der Waals surface area contributed by atoms with E-state index in [9.17, 15) is 9.59 Å². The lowest BCUT2D eigenvalue weighted by molar-refractivity contribution is -0.115. The van der Waals surface area contributed by atoms with Gasteiger partial charge in [0.05, 0.1) is 10.5 Å². The van der Waals surface area contributed by atoms with Gasteiger partial charge in [-0.15, -0.1) is 0 Å². The molecule has 1 aromatic heterocycles. The zero-order chi connectivity index (χ0) is 18.3. The van der Waals surface area contributed by atoms with Crippen LogP contribution in [0.2, 0.25) is 0 Å². The molecule has 25 heavy (non-hydrogen) atoms. The van der Waals surface area contributed by atoms with Crippen LogP contribution >= 0.6 is 24.0 Å². The molecule has 2 aromatic rings. The number of aromatic carboxylic acids is 1. The molecule has 0 bridgehead atoms. The molecule has 0 aliphatic carbocycles. The van der Waals surface area contributed by atoms with Gasteiger partial charge in [0.1, 0.15) is 4.32 Å². The Bertz CT molecular complexity index is 957. The van der Waals surface area contributed by atoms with Crippen molar-refractivity contribution in [2.24, 2.45) is 0 Å². The van der Waals surface area contributed by atoms with Crippen molar-refractivity contribution < 1.29 is 14.7 Å². The maximum Gasteiger partial charge on any atom is 0.335 e. The molecule has 0 saturated carbocycles. The van der Waals surface area contributed by atoms with E-state index < -0.39 is 5.97 Å². The van der Waals surface area contributed by atoms with Gasteiger partial charge in [-0.3, -0.25) is 4.79 Å². The van der Waals surface area contributed by atoms with Gasteiger partial charge in [0.15, 0.2) is 0 Å². The van der Waals surface area contributed by atoms with Gasteiger partial charge in [-0.1, -0.05) is 24.0 Å². The number of carbonyl (C=O) groups is 2. The third kappa shape index (κ3) is 3.25. The summed E-state index contributed by atoms with van der Waals surface area (Å²) in [5.41, 5.74) is 4.96. The van der Waals surface area contributed by atoms with Crippen molar-refractivity contribution >= 4 is 46.3 Å². The molecule has 1 aliphatic rings. The number of thioether (sulfide) groups is 1. The molecular formula is C18H16N2O3S2. The summed E-state index contributed by atoms with van der Waals surface area (Å²) in [5, 5.41) is 11.7. The molecule has 0 atom stereocenters. The van der Waals surface area contributed by atoms with Crippen LogP contribution in [0.5, 0.6) is 0 Å². The van der Waals surface area contributed by atoms with Crippen LogP contribution in [-0.2, 0) is 4.79 Å². The van der Waals surface area contributed by atoms with Gasteiger partial charge in [-0.2, -0.15) is 0 Å². The average Bonchev–Trinajstić information content (AvgIpc) is 2.99. The monoisotopic (exact) mass is 372 g/mol. The van der Waals surface area contributed by atoms with Crippen molar-refractivity contribution in [2.45, 2.75) is 20.8 Å². The highest BCUT2D eigenvalue weighted by Crippen LogP contribution is 2.30. The Morgan fingerprint density at radius 1 is 1.28 bits per heavy atom. The molecule has 1 saturated heterocycles. The zero-order valence-electron chi connectivity index (χ0n) is 13.9. The minimum atomic E-state index is -0.943. The van der Waals surface area contributed by atoms with Crippen molar-refractivity contribution in [1.29, 1.82) is 0 Å². The molecule has 1 aromatic carbocycles. The summed E-state index contributed by atoms with van der Waals surface area (Å²) in [4.78, 5) is 23.6. The highest BCUT2D eigenvalue weighted by atomic mass is 32.2. The number of hydrogen-bond donors (Lipinski definition) is 2. The molecule has 3 rings (SSSR count). The summed E-state index contributed by atoms with van der Waals surface area (Å²) in [5.74, 6) is -1.12. The molecule has 0 radical (unpaired) electrons. The maximum atomic E-state index is 11.9. The fourth-order valence-electron chi connectivity index (χ4n) is 2.91. The Hall–Kier alpha value is -2.38. The largest absolute Gasteiger partial charge is 0.478 e. The van der Waals surface area contributed by atoms with Gasteiger partial charge in [-0.05, 0) is 62.2 Å². The summed E-state index contributed by atoms with van der Waals surface area (Å²) in [6.07, 6.45) is 1.83. The standard InChI is InChI=1S/C18H16N2O3S2/c1-9-6-12(17(22)23)4-5-14(9)20-10(2)7-13(11(20)3)8-15-16(21)19-18(24)25-15/h4-8H,1-3H3,(H,22,23)(H,19,21,24). The van der Waals surface area contributed by atoms with Crippen LogP contribution in [-0.4, -0.2) is 25.9 Å². The van der Waals surface area contributed by atoms with Gasteiger partial charge >= 0.3 is 5.97 Å². The van der Waals surface area contributed by atoms with E-state index >= 15 is 0 Å². The highest BCUT2D eigenvalue weighted by Gasteiger charge is 2.23. The molecule has 128 valence electrons. The zero-order valence-corrected chi connectivity index (χ0v) is 15.5. The van der Waals surface area contributed by atoms with E-state index in [4.69, 9.17) is 17.3 Å². The lowest BCUT2D eigenvalue weighted by atomic mass is 10.1.